The molecule has 0 radical (unpaired) electrons. The van der Waals surface area contributed by atoms with Gasteiger partial charge in [-0.2, -0.15) is 11.8 Å². The lowest BCUT2D eigenvalue weighted by molar-refractivity contribution is -0.137. The van der Waals surface area contributed by atoms with Crippen LogP contribution in [0.2, 0.25) is 0 Å². The lowest BCUT2D eigenvalue weighted by atomic mass is 10.0. The number of para-hydroxylation sites is 1. The number of rotatable bonds is 4. The highest BCUT2D eigenvalue weighted by Crippen LogP contribution is 2.31. The van der Waals surface area contributed by atoms with E-state index in [9.17, 15) is 9.90 Å². The van der Waals surface area contributed by atoms with Gasteiger partial charge in [-0.05, 0) is 37.1 Å². The molecule has 0 aromatic heterocycles. The van der Waals surface area contributed by atoms with Crippen LogP contribution in [0.4, 0.5) is 5.69 Å². The van der Waals surface area contributed by atoms with Crippen molar-refractivity contribution in [3.05, 3.63) is 29.8 Å². The minimum atomic E-state index is -1.15. The maximum atomic E-state index is 12.1. The van der Waals surface area contributed by atoms with Crippen molar-refractivity contribution in [2.75, 3.05) is 29.5 Å². The molecule has 0 aliphatic carbocycles. The van der Waals surface area contributed by atoms with Crippen molar-refractivity contribution in [1.29, 1.82) is 0 Å². The number of nitrogens with zero attached hydrogens (tertiary/aromatic N) is 1. The van der Waals surface area contributed by atoms with Crippen molar-refractivity contribution < 1.29 is 9.90 Å². The number of amides is 1. The Kier molecular flexibility index (Phi) is 4.13. The van der Waals surface area contributed by atoms with Crippen LogP contribution in [0.3, 0.4) is 0 Å². The van der Waals surface area contributed by atoms with E-state index in [1.54, 1.807) is 11.8 Å². The van der Waals surface area contributed by atoms with Crippen molar-refractivity contribution in [2.45, 2.75) is 31.4 Å². The fourth-order valence-electron chi connectivity index (χ4n) is 3.16. The second-order valence-electron chi connectivity index (χ2n) is 5.97. The summed E-state index contributed by atoms with van der Waals surface area (Å²) in [5.74, 6) is 1.16. The van der Waals surface area contributed by atoms with E-state index < -0.39 is 5.60 Å². The van der Waals surface area contributed by atoms with Gasteiger partial charge in [0.2, 0.25) is 0 Å². The van der Waals surface area contributed by atoms with Gasteiger partial charge in [-0.15, -0.1) is 0 Å². The van der Waals surface area contributed by atoms with Crippen LogP contribution in [0.15, 0.2) is 24.3 Å². The molecule has 3 rings (SSSR count). The Bertz CT molecular complexity index is 529. The molecule has 0 bridgehead atoms. The van der Waals surface area contributed by atoms with Crippen LogP contribution in [0.1, 0.15) is 18.9 Å². The van der Waals surface area contributed by atoms with Gasteiger partial charge in [0.15, 0.2) is 5.60 Å². The van der Waals surface area contributed by atoms with Crippen LogP contribution in [-0.2, 0) is 11.2 Å². The van der Waals surface area contributed by atoms with Gasteiger partial charge in [-0.1, -0.05) is 18.2 Å². The Morgan fingerprint density at radius 3 is 3.10 bits per heavy atom. The topological polar surface area (TPSA) is 52.6 Å². The number of hydrogen-bond acceptors (Lipinski definition) is 4. The minimum Gasteiger partial charge on any atom is -0.379 e. The monoisotopic (exact) mass is 306 g/mol. The molecule has 21 heavy (non-hydrogen) atoms. The molecule has 2 heterocycles. The number of benzene rings is 1. The van der Waals surface area contributed by atoms with Crippen molar-refractivity contribution in [3.63, 3.8) is 0 Å². The van der Waals surface area contributed by atoms with Gasteiger partial charge >= 0.3 is 0 Å². The molecule has 1 aromatic carbocycles. The Balaban J connectivity index is 1.55. The van der Waals surface area contributed by atoms with Crippen molar-refractivity contribution in [1.82, 2.24) is 5.32 Å². The van der Waals surface area contributed by atoms with Crippen molar-refractivity contribution >= 4 is 23.4 Å². The standard InChI is InChI=1S/C16H22N2O2S/c1-12-10-13-4-2-3-5-14(13)18(12)8-7-17-15(19)16(20)6-9-21-11-16/h2-5,12,20H,6-11H2,1H3,(H,17,19). The number of carbonyl (C=O) groups is 1. The number of hydrogen-bond donors (Lipinski definition) is 2. The van der Waals surface area contributed by atoms with E-state index >= 15 is 0 Å². The van der Waals surface area contributed by atoms with E-state index in [-0.39, 0.29) is 5.91 Å². The predicted octanol–water partition coefficient (Wildman–Crippen LogP) is 1.42. The zero-order valence-electron chi connectivity index (χ0n) is 12.3. The van der Waals surface area contributed by atoms with Crippen molar-refractivity contribution in [2.24, 2.45) is 0 Å². The van der Waals surface area contributed by atoms with Crippen LogP contribution in [-0.4, -0.2) is 47.3 Å². The van der Waals surface area contributed by atoms with Gasteiger partial charge in [0.25, 0.3) is 5.91 Å². The van der Waals surface area contributed by atoms with E-state index in [0.29, 0.717) is 24.8 Å². The predicted molar refractivity (Wildman–Crippen MR) is 86.9 cm³/mol. The fourth-order valence-corrected chi connectivity index (χ4v) is 4.40. The summed E-state index contributed by atoms with van der Waals surface area (Å²) in [4.78, 5) is 14.4. The molecular formula is C16H22N2O2S. The van der Waals surface area contributed by atoms with Crippen LogP contribution < -0.4 is 10.2 Å². The minimum absolute atomic E-state index is 0.215. The molecule has 4 nitrogen and oxygen atoms in total. The molecule has 2 unspecified atom stereocenters. The molecule has 0 saturated carbocycles. The summed E-state index contributed by atoms with van der Waals surface area (Å²) in [6, 6.07) is 8.90. The summed E-state index contributed by atoms with van der Waals surface area (Å²) in [5.41, 5.74) is 1.50. The highest BCUT2D eigenvalue weighted by molar-refractivity contribution is 7.99. The summed E-state index contributed by atoms with van der Waals surface area (Å²) < 4.78 is 0. The normalized spacial score (nSPS) is 27.7. The molecule has 5 heteroatoms. The summed E-state index contributed by atoms with van der Waals surface area (Å²) in [6.45, 7) is 3.57. The third-order valence-corrected chi connectivity index (χ3v) is 5.58. The maximum absolute atomic E-state index is 12.1. The van der Waals surface area contributed by atoms with E-state index in [0.717, 1.165) is 18.7 Å². The molecule has 0 spiro atoms. The highest BCUT2D eigenvalue weighted by Gasteiger charge is 2.39. The van der Waals surface area contributed by atoms with Gasteiger partial charge in [0, 0.05) is 30.6 Å². The summed E-state index contributed by atoms with van der Waals surface area (Å²) in [5, 5.41) is 13.1. The van der Waals surface area contributed by atoms with E-state index in [2.05, 4.69) is 41.4 Å². The van der Waals surface area contributed by atoms with E-state index in [1.807, 2.05) is 0 Å². The van der Waals surface area contributed by atoms with Crippen LogP contribution in [0.5, 0.6) is 0 Å². The second kappa shape index (κ2) is 5.89. The van der Waals surface area contributed by atoms with E-state index in [4.69, 9.17) is 0 Å². The summed E-state index contributed by atoms with van der Waals surface area (Å²) in [7, 11) is 0. The molecule has 2 aliphatic rings. The fraction of sp³-hybridized carbons (Fsp3) is 0.562. The third-order valence-electron chi connectivity index (χ3n) is 4.41. The third kappa shape index (κ3) is 2.90. The first-order chi connectivity index (χ1) is 10.1. The number of carbonyl (C=O) groups excluding carboxylic acids is 1. The first-order valence-corrected chi connectivity index (χ1v) is 8.68. The maximum Gasteiger partial charge on any atom is 0.252 e. The lowest BCUT2D eigenvalue weighted by Gasteiger charge is -2.26. The van der Waals surface area contributed by atoms with Gasteiger partial charge in [0.05, 0.1) is 0 Å². The summed E-state index contributed by atoms with van der Waals surface area (Å²) >= 11 is 1.64. The SMILES string of the molecule is CC1Cc2ccccc2N1CCNC(=O)C1(O)CCSC1. The molecule has 1 amide bonds. The Hall–Kier alpha value is -1.20. The lowest BCUT2D eigenvalue weighted by Crippen LogP contribution is -2.49. The molecule has 1 aromatic rings. The average Bonchev–Trinajstić information content (AvgIpc) is 3.04. The van der Waals surface area contributed by atoms with E-state index in [1.165, 1.54) is 11.3 Å². The molecular weight excluding hydrogens is 284 g/mol. The molecule has 2 atom stereocenters. The first-order valence-electron chi connectivity index (χ1n) is 7.53. The largest absolute Gasteiger partial charge is 0.379 e. The average molecular weight is 306 g/mol. The van der Waals surface area contributed by atoms with Crippen LogP contribution in [0.25, 0.3) is 0 Å². The quantitative estimate of drug-likeness (QED) is 0.883. The van der Waals surface area contributed by atoms with Crippen LogP contribution >= 0.6 is 11.8 Å². The van der Waals surface area contributed by atoms with Gasteiger partial charge in [-0.25, -0.2) is 0 Å². The smallest absolute Gasteiger partial charge is 0.252 e. The number of anilines is 1. The molecule has 1 saturated heterocycles. The van der Waals surface area contributed by atoms with Gasteiger partial charge in [0.1, 0.15) is 0 Å². The number of aliphatic hydroxyl groups is 1. The zero-order chi connectivity index (χ0) is 14.9. The molecule has 1 fully saturated rings. The molecule has 2 N–H and O–H groups in total. The Labute approximate surface area is 129 Å². The second-order valence-corrected chi connectivity index (χ2v) is 7.07. The first kappa shape index (κ1) is 14.7. The molecule has 114 valence electrons. The summed E-state index contributed by atoms with van der Waals surface area (Å²) in [6.07, 6.45) is 1.62. The zero-order valence-corrected chi connectivity index (χ0v) is 13.2. The number of fused-ring (bicyclic) bond motifs is 1. The Morgan fingerprint density at radius 2 is 2.33 bits per heavy atom. The number of thioether (sulfide) groups is 1. The van der Waals surface area contributed by atoms with Crippen LogP contribution in [0, 0.1) is 0 Å². The van der Waals surface area contributed by atoms with Crippen molar-refractivity contribution in [3.8, 4) is 0 Å². The van der Waals surface area contributed by atoms with Gasteiger partial charge in [-0.3, -0.25) is 4.79 Å². The Morgan fingerprint density at radius 1 is 1.52 bits per heavy atom. The molecule has 2 aliphatic heterocycles. The number of nitrogens with one attached hydrogen (secondary N) is 1. The van der Waals surface area contributed by atoms with Gasteiger partial charge < -0.3 is 15.3 Å². The highest BCUT2D eigenvalue weighted by atomic mass is 32.2.